The Morgan fingerprint density at radius 2 is 1.76 bits per heavy atom. The van der Waals surface area contributed by atoms with Gasteiger partial charge in [-0.3, -0.25) is 4.79 Å². The SMILES string of the molecule is Cc1ccc(CN=C(NCC2(C(N)=O)CCOCC2)Nc2ccccc2)cc1.I. The van der Waals surface area contributed by atoms with E-state index in [2.05, 4.69) is 41.8 Å². The number of nitrogens with two attached hydrogens (primary N) is 1. The van der Waals surface area contributed by atoms with Crippen LogP contribution < -0.4 is 16.4 Å². The number of halogens is 1. The van der Waals surface area contributed by atoms with Crippen LogP contribution in [-0.4, -0.2) is 31.6 Å². The van der Waals surface area contributed by atoms with Gasteiger partial charge in [0.2, 0.25) is 5.91 Å². The number of amides is 1. The van der Waals surface area contributed by atoms with Crippen molar-refractivity contribution in [3.8, 4) is 0 Å². The summed E-state index contributed by atoms with van der Waals surface area (Å²) in [6.45, 7) is 4.13. The van der Waals surface area contributed by atoms with Crippen molar-refractivity contribution in [3.05, 3.63) is 65.7 Å². The normalized spacial score (nSPS) is 15.8. The van der Waals surface area contributed by atoms with E-state index >= 15 is 0 Å². The van der Waals surface area contributed by atoms with E-state index < -0.39 is 5.41 Å². The monoisotopic (exact) mass is 508 g/mol. The minimum atomic E-state index is -0.610. The van der Waals surface area contributed by atoms with E-state index in [-0.39, 0.29) is 29.9 Å². The number of hydrogen-bond donors (Lipinski definition) is 3. The standard InChI is InChI=1S/C22H28N4O2.HI/c1-17-7-9-18(10-8-17)15-24-21(26-19-5-3-2-4-6-19)25-16-22(20(23)27)11-13-28-14-12-22;/h2-10H,11-16H2,1H3,(H2,23,27)(H2,24,25,26);1H. The fourth-order valence-corrected chi connectivity index (χ4v) is 3.19. The van der Waals surface area contributed by atoms with Gasteiger partial charge in [-0.15, -0.1) is 24.0 Å². The van der Waals surface area contributed by atoms with Crippen LogP contribution in [0.1, 0.15) is 24.0 Å². The van der Waals surface area contributed by atoms with E-state index in [1.165, 1.54) is 5.56 Å². The van der Waals surface area contributed by atoms with Crippen LogP contribution in [0.25, 0.3) is 0 Å². The summed E-state index contributed by atoms with van der Waals surface area (Å²) in [5.74, 6) is 0.333. The fraction of sp³-hybridized carbons (Fsp3) is 0.364. The summed E-state index contributed by atoms with van der Waals surface area (Å²) >= 11 is 0. The highest BCUT2D eigenvalue weighted by atomic mass is 127. The summed E-state index contributed by atoms with van der Waals surface area (Å²) in [5.41, 5.74) is 8.38. The molecule has 0 aliphatic carbocycles. The first-order valence-corrected chi connectivity index (χ1v) is 9.61. The molecule has 0 bridgehead atoms. The largest absolute Gasteiger partial charge is 0.381 e. The van der Waals surface area contributed by atoms with Gasteiger partial charge in [-0.25, -0.2) is 4.99 Å². The Balaban J connectivity index is 0.00000300. The van der Waals surface area contributed by atoms with Crippen molar-refractivity contribution in [2.45, 2.75) is 26.3 Å². The van der Waals surface area contributed by atoms with Crippen LogP contribution in [0.15, 0.2) is 59.6 Å². The highest BCUT2D eigenvalue weighted by Gasteiger charge is 2.38. The second kappa shape index (κ2) is 11.2. The van der Waals surface area contributed by atoms with Gasteiger partial charge in [0.1, 0.15) is 0 Å². The molecule has 2 aromatic carbocycles. The summed E-state index contributed by atoms with van der Waals surface area (Å²) in [6.07, 6.45) is 1.23. The lowest BCUT2D eigenvalue weighted by Gasteiger charge is -2.34. The van der Waals surface area contributed by atoms with Gasteiger partial charge in [-0.1, -0.05) is 48.0 Å². The van der Waals surface area contributed by atoms with Crippen LogP contribution in [0, 0.1) is 12.3 Å². The molecule has 0 saturated carbocycles. The van der Waals surface area contributed by atoms with E-state index in [1.807, 2.05) is 30.3 Å². The third kappa shape index (κ3) is 6.71. The number of carbonyl (C=O) groups excluding carboxylic acids is 1. The van der Waals surface area contributed by atoms with Crippen LogP contribution in [0.2, 0.25) is 0 Å². The van der Waals surface area contributed by atoms with E-state index in [0.717, 1.165) is 11.3 Å². The number of primary amides is 1. The lowest BCUT2D eigenvalue weighted by atomic mass is 9.79. The first kappa shape index (κ1) is 23.2. The number of anilines is 1. The number of carbonyl (C=O) groups is 1. The zero-order valence-corrected chi connectivity index (χ0v) is 19.0. The summed E-state index contributed by atoms with van der Waals surface area (Å²) in [5, 5.41) is 6.64. The van der Waals surface area contributed by atoms with Crippen LogP contribution in [0.4, 0.5) is 5.69 Å². The summed E-state index contributed by atoms with van der Waals surface area (Å²) < 4.78 is 5.41. The van der Waals surface area contributed by atoms with Crippen molar-refractivity contribution < 1.29 is 9.53 Å². The van der Waals surface area contributed by atoms with E-state index in [4.69, 9.17) is 15.5 Å². The van der Waals surface area contributed by atoms with Gasteiger partial charge in [-0.2, -0.15) is 0 Å². The molecule has 1 fully saturated rings. The van der Waals surface area contributed by atoms with Crippen molar-refractivity contribution in [1.29, 1.82) is 0 Å². The van der Waals surface area contributed by atoms with Crippen LogP contribution >= 0.6 is 24.0 Å². The maximum Gasteiger partial charge on any atom is 0.225 e. The molecule has 29 heavy (non-hydrogen) atoms. The first-order chi connectivity index (χ1) is 13.6. The molecule has 1 aliphatic rings. The Bertz CT molecular complexity index is 803. The van der Waals surface area contributed by atoms with E-state index in [9.17, 15) is 4.79 Å². The maximum absolute atomic E-state index is 12.1. The molecule has 156 valence electrons. The number of rotatable bonds is 6. The van der Waals surface area contributed by atoms with Gasteiger partial charge in [-0.05, 0) is 37.5 Å². The number of aliphatic imine (C=N–C) groups is 1. The van der Waals surface area contributed by atoms with Gasteiger partial charge in [0.25, 0.3) is 0 Å². The Kier molecular flexibility index (Phi) is 8.91. The van der Waals surface area contributed by atoms with Crippen molar-refractivity contribution >= 4 is 41.5 Å². The molecule has 1 aliphatic heterocycles. The minimum absolute atomic E-state index is 0. The predicted octanol–water partition coefficient (Wildman–Crippen LogP) is 3.45. The highest BCUT2D eigenvalue weighted by molar-refractivity contribution is 14.0. The quantitative estimate of drug-likeness (QED) is 0.317. The number of para-hydroxylation sites is 1. The van der Waals surface area contributed by atoms with Gasteiger partial charge in [0.15, 0.2) is 5.96 Å². The second-order valence-corrected chi connectivity index (χ2v) is 7.25. The number of nitrogens with one attached hydrogen (secondary N) is 2. The van der Waals surface area contributed by atoms with Gasteiger partial charge in [0.05, 0.1) is 12.0 Å². The molecule has 7 heteroatoms. The number of hydrogen-bond acceptors (Lipinski definition) is 3. The Labute approximate surface area is 189 Å². The third-order valence-corrected chi connectivity index (χ3v) is 5.14. The zero-order chi connectivity index (χ0) is 19.8. The molecule has 0 aromatic heterocycles. The first-order valence-electron chi connectivity index (χ1n) is 9.61. The Morgan fingerprint density at radius 1 is 1.10 bits per heavy atom. The summed E-state index contributed by atoms with van der Waals surface area (Å²) in [7, 11) is 0. The molecular weight excluding hydrogens is 479 g/mol. The van der Waals surface area contributed by atoms with Gasteiger partial charge >= 0.3 is 0 Å². The smallest absolute Gasteiger partial charge is 0.225 e. The van der Waals surface area contributed by atoms with Gasteiger partial charge in [0, 0.05) is 25.4 Å². The topological polar surface area (TPSA) is 88.7 Å². The zero-order valence-electron chi connectivity index (χ0n) is 16.7. The number of ether oxygens (including phenoxy) is 1. The molecule has 3 rings (SSSR count). The van der Waals surface area contributed by atoms with E-state index in [1.54, 1.807) is 0 Å². The number of aryl methyl sites for hydroxylation is 1. The average Bonchev–Trinajstić information content (AvgIpc) is 2.72. The van der Waals surface area contributed by atoms with Crippen LogP contribution in [0.3, 0.4) is 0 Å². The molecule has 1 saturated heterocycles. The van der Waals surface area contributed by atoms with Crippen molar-refractivity contribution in [2.24, 2.45) is 16.1 Å². The van der Waals surface area contributed by atoms with Gasteiger partial charge < -0.3 is 21.1 Å². The third-order valence-electron chi connectivity index (χ3n) is 5.14. The molecule has 2 aromatic rings. The predicted molar refractivity (Wildman–Crippen MR) is 127 cm³/mol. The second-order valence-electron chi connectivity index (χ2n) is 7.25. The number of nitrogens with zero attached hydrogens (tertiary/aromatic N) is 1. The number of guanidine groups is 1. The average molecular weight is 508 g/mol. The minimum Gasteiger partial charge on any atom is -0.381 e. The molecule has 1 amide bonds. The Hall–Kier alpha value is -2.13. The molecule has 0 radical (unpaired) electrons. The number of benzene rings is 2. The maximum atomic E-state index is 12.1. The molecule has 0 spiro atoms. The van der Waals surface area contributed by atoms with Crippen molar-refractivity contribution in [2.75, 3.05) is 25.1 Å². The van der Waals surface area contributed by atoms with Crippen molar-refractivity contribution in [3.63, 3.8) is 0 Å². The fourth-order valence-electron chi connectivity index (χ4n) is 3.19. The lowest BCUT2D eigenvalue weighted by Crippen LogP contribution is -2.50. The van der Waals surface area contributed by atoms with E-state index in [0.29, 0.717) is 45.1 Å². The highest BCUT2D eigenvalue weighted by Crippen LogP contribution is 2.29. The summed E-state index contributed by atoms with van der Waals surface area (Å²) in [6, 6.07) is 18.1. The summed E-state index contributed by atoms with van der Waals surface area (Å²) in [4.78, 5) is 16.8. The van der Waals surface area contributed by atoms with Crippen LogP contribution in [0.5, 0.6) is 0 Å². The lowest BCUT2D eigenvalue weighted by molar-refractivity contribution is -0.132. The molecular formula is C22H29IN4O2. The Morgan fingerprint density at radius 3 is 2.38 bits per heavy atom. The molecule has 0 unspecified atom stereocenters. The molecule has 4 N–H and O–H groups in total. The molecule has 0 atom stereocenters. The molecule has 1 heterocycles. The van der Waals surface area contributed by atoms with Crippen LogP contribution in [-0.2, 0) is 16.1 Å². The van der Waals surface area contributed by atoms with Crippen molar-refractivity contribution in [1.82, 2.24) is 5.32 Å². The molecule has 6 nitrogen and oxygen atoms in total.